The average Bonchev–Trinajstić information content (AvgIpc) is 2.70. The molecule has 0 aliphatic carbocycles. The molecule has 6 heteroatoms. The Balaban J connectivity index is 2.14. The highest BCUT2D eigenvalue weighted by molar-refractivity contribution is 5.81. The SMILES string of the molecule is O=C(O)c1nnc(Cc2ccc(F)cc2)o1. The topological polar surface area (TPSA) is 76.2 Å². The lowest BCUT2D eigenvalue weighted by Gasteiger charge is -1.95. The van der Waals surface area contributed by atoms with Gasteiger partial charge in [0.2, 0.25) is 5.89 Å². The van der Waals surface area contributed by atoms with Crippen LogP contribution in [0.5, 0.6) is 0 Å². The third-order valence-corrected chi connectivity index (χ3v) is 1.92. The molecule has 1 heterocycles. The first-order valence-electron chi connectivity index (χ1n) is 4.45. The van der Waals surface area contributed by atoms with Crippen molar-refractivity contribution >= 4 is 5.97 Å². The molecule has 2 rings (SSSR count). The zero-order valence-electron chi connectivity index (χ0n) is 8.05. The number of hydrogen-bond acceptors (Lipinski definition) is 4. The van der Waals surface area contributed by atoms with Crippen LogP contribution in [0.1, 0.15) is 22.1 Å². The van der Waals surface area contributed by atoms with Crippen LogP contribution in [0, 0.1) is 5.82 Å². The van der Waals surface area contributed by atoms with Crippen molar-refractivity contribution in [1.29, 1.82) is 0 Å². The number of aromatic nitrogens is 2. The molecule has 1 aromatic carbocycles. The summed E-state index contributed by atoms with van der Waals surface area (Å²) in [5.74, 6) is -1.86. The minimum Gasteiger partial charge on any atom is -0.474 e. The van der Waals surface area contributed by atoms with Crippen molar-refractivity contribution in [2.24, 2.45) is 0 Å². The summed E-state index contributed by atoms with van der Waals surface area (Å²) in [5, 5.41) is 15.5. The van der Waals surface area contributed by atoms with E-state index in [0.29, 0.717) is 0 Å². The van der Waals surface area contributed by atoms with E-state index in [0.717, 1.165) is 5.56 Å². The number of halogens is 1. The van der Waals surface area contributed by atoms with Gasteiger partial charge in [-0.05, 0) is 17.7 Å². The Morgan fingerprint density at radius 3 is 2.56 bits per heavy atom. The molecule has 0 fully saturated rings. The third-order valence-electron chi connectivity index (χ3n) is 1.92. The van der Waals surface area contributed by atoms with Crippen LogP contribution in [0.25, 0.3) is 0 Å². The fourth-order valence-electron chi connectivity index (χ4n) is 1.19. The zero-order chi connectivity index (χ0) is 11.5. The summed E-state index contributed by atoms with van der Waals surface area (Å²) < 4.78 is 17.5. The fourth-order valence-corrected chi connectivity index (χ4v) is 1.19. The summed E-state index contributed by atoms with van der Waals surface area (Å²) >= 11 is 0. The highest BCUT2D eigenvalue weighted by Gasteiger charge is 2.12. The Morgan fingerprint density at radius 2 is 2.00 bits per heavy atom. The van der Waals surface area contributed by atoms with Gasteiger partial charge >= 0.3 is 11.9 Å². The second-order valence-electron chi connectivity index (χ2n) is 3.11. The first-order chi connectivity index (χ1) is 7.65. The predicted molar refractivity (Wildman–Crippen MR) is 50.5 cm³/mol. The molecule has 0 unspecified atom stereocenters. The lowest BCUT2D eigenvalue weighted by Crippen LogP contribution is -1.95. The Bertz CT molecular complexity index is 507. The molecule has 0 atom stereocenters. The Labute approximate surface area is 89.5 Å². The lowest BCUT2D eigenvalue weighted by molar-refractivity contribution is 0.0651. The van der Waals surface area contributed by atoms with Gasteiger partial charge in [-0.2, -0.15) is 0 Å². The van der Waals surface area contributed by atoms with Gasteiger partial charge < -0.3 is 9.52 Å². The third kappa shape index (κ3) is 2.22. The smallest absolute Gasteiger partial charge is 0.393 e. The molecule has 0 spiro atoms. The fraction of sp³-hybridized carbons (Fsp3) is 0.100. The number of nitrogens with zero attached hydrogens (tertiary/aromatic N) is 2. The number of rotatable bonds is 3. The van der Waals surface area contributed by atoms with Crippen LogP contribution >= 0.6 is 0 Å². The molecule has 0 saturated carbocycles. The van der Waals surface area contributed by atoms with Crippen LogP contribution in [0.2, 0.25) is 0 Å². The van der Waals surface area contributed by atoms with E-state index in [1.54, 1.807) is 12.1 Å². The Kier molecular flexibility index (Phi) is 2.63. The molecule has 0 radical (unpaired) electrons. The van der Waals surface area contributed by atoms with Gasteiger partial charge in [0.05, 0.1) is 6.42 Å². The zero-order valence-corrected chi connectivity index (χ0v) is 8.05. The molecule has 1 aromatic heterocycles. The summed E-state index contributed by atoms with van der Waals surface area (Å²) in [6, 6.07) is 5.76. The van der Waals surface area contributed by atoms with E-state index >= 15 is 0 Å². The van der Waals surface area contributed by atoms with Gasteiger partial charge in [0.1, 0.15) is 5.82 Å². The molecule has 0 bridgehead atoms. The molecular weight excluding hydrogens is 215 g/mol. The van der Waals surface area contributed by atoms with Crippen molar-refractivity contribution in [3.8, 4) is 0 Å². The van der Waals surface area contributed by atoms with Crippen LogP contribution in [0.3, 0.4) is 0 Å². The van der Waals surface area contributed by atoms with Crippen LogP contribution in [0.15, 0.2) is 28.7 Å². The number of carboxylic acid groups (broad SMARTS) is 1. The molecule has 5 nitrogen and oxygen atoms in total. The van der Waals surface area contributed by atoms with Crippen LogP contribution in [-0.2, 0) is 6.42 Å². The first-order valence-corrected chi connectivity index (χ1v) is 4.45. The second kappa shape index (κ2) is 4.09. The maximum atomic E-state index is 12.6. The normalized spacial score (nSPS) is 10.3. The molecule has 0 amide bonds. The lowest BCUT2D eigenvalue weighted by atomic mass is 10.1. The van der Waals surface area contributed by atoms with Crippen molar-refractivity contribution in [1.82, 2.24) is 10.2 Å². The summed E-state index contributed by atoms with van der Waals surface area (Å²) in [5.41, 5.74) is 0.766. The molecule has 82 valence electrons. The van der Waals surface area contributed by atoms with Gasteiger partial charge in [-0.1, -0.05) is 12.1 Å². The minimum absolute atomic E-state index is 0.184. The van der Waals surface area contributed by atoms with Gasteiger partial charge in [-0.3, -0.25) is 0 Å². The molecule has 0 aliphatic heterocycles. The summed E-state index contributed by atoms with van der Waals surface area (Å²) in [4.78, 5) is 10.5. The van der Waals surface area contributed by atoms with Gasteiger partial charge in [0, 0.05) is 0 Å². The standard InChI is InChI=1S/C10H7FN2O3/c11-7-3-1-6(2-4-7)5-8-12-13-9(16-8)10(14)15/h1-4H,5H2,(H,14,15). The molecule has 0 saturated heterocycles. The number of benzene rings is 1. The largest absolute Gasteiger partial charge is 0.474 e. The highest BCUT2D eigenvalue weighted by atomic mass is 19.1. The number of carbonyl (C=O) groups is 1. The second-order valence-corrected chi connectivity index (χ2v) is 3.11. The Hall–Kier alpha value is -2.24. The molecule has 1 N–H and O–H groups in total. The van der Waals surface area contributed by atoms with Crippen molar-refractivity contribution in [2.75, 3.05) is 0 Å². The molecular formula is C10H7FN2O3. The van der Waals surface area contributed by atoms with E-state index in [4.69, 9.17) is 9.52 Å². The van der Waals surface area contributed by atoms with Crippen molar-refractivity contribution in [3.05, 3.63) is 47.4 Å². The van der Waals surface area contributed by atoms with Crippen LogP contribution in [-0.4, -0.2) is 21.3 Å². The molecule has 0 aliphatic rings. The monoisotopic (exact) mass is 222 g/mol. The average molecular weight is 222 g/mol. The predicted octanol–water partition coefficient (Wildman–Crippen LogP) is 1.50. The highest BCUT2D eigenvalue weighted by Crippen LogP contribution is 2.09. The van der Waals surface area contributed by atoms with E-state index in [-0.39, 0.29) is 18.1 Å². The maximum Gasteiger partial charge on any atom is 0.393 e. The number of hydrogen-bond donors (Lipinski definition) is 1. The summed E-state index contributed by atoms with van der Waals surface area (Å²) in [6.07, 6.45) is 0.278. The summed E-state index contributed by atoms with van der Waals surface area (Å²) in [6.45, 7) is 0. The number of carboxylic acids is 1. The van der Waals surface area contributed by atoms with Crippen LogP contribution in [0.4, 0.5) is 4.39 Å². The summed E-state index contributed by atoms with van der Waals surface area (Å²) in [7, 11) is 0. The molecule has 16 heavy (non-hydrogen) atoms. The van der Waals surface area contributed by atoms with E-state index in [1.807, 2.05) is 0 Å². The van der Waals surface area contributed by atoms with Crippen molar-refractivity contribution in [2.45, 2.75) is 6.42 Å². The van der Waals surface area contributed by atoms with E-state index in [2.05, 4.69) is 10.2 Å². The van der Waals surface area contributed by atoms with E-state index in [1.165, 1.54) is 12.1 Å². The van der Waals surface area contributed by atoms with Crippen LogP contribution < -0.4 is 0 Å². The number of aromatic carboxylic acids is 1. The van der Waals surface area contributed by atoms with Crippen molar-refractivity contribution in [3.63, 3.8) is 0 Å². The van der Waals surface area contributed by atoms with Gasteiger partial charge in [0.15, 0.2) is 0 Å². The first kappa shape index (κ1) is 10.3. The minimum atomic E-state index is -1.27. The van der Waals surface area contributed by atoms with Crippen molar-refractivity contribution < 1.29 is 18.7 Å². The maximum absolute atomic E-state index is 12.6. The molecule has 2 aromatic rings. The van der Waals surface area contributed by atoms with E-state index < -0.39 is 11.9 Å². The van der Waals surface area contributed by atoms with Gasteiger partial charge in [-0.25, -0.2) is 9.18 Å². The van der Waals surface area contributed by atoms with Gasteiger partial charge in [-0.15, -0.1) is 10.2 Å². The van der Waals surface area contributed by atoms with Gasteiger partial charge in [0.25, 0.3) is 0 Å². The van der Waals surface area contributed by atoms with E-state index in [9.17, 15) is 9.18 Å². The Morgan fingerprint density at radius 1 is 1.31 bits per heavy atom. The quantitative estimate of drug-likeness (QED) is 0.851.